The minimum Gasteiger partial charge on any atom is -0.338 e. The van der Waals surface area contributed by atoms with Gasteiger partial charge >= 0.3 is 0 Å². The zero-order valence-corrected chi connectivity index (χ0v) is 15.8. The largest absolute Gasteiger partial charge is 0.338 e. The van der Waals surface area contributed by atoms with Crippen molar-refractivity contribution in [1.82, 2.24) is 19.6 Å². The molecule has 7 heterocycles. The molecule has 4 bridgehead atoms. The van der Waals surface area contributed by atoms with E-state index in [1.807, 2.05) is 9.80 Å². The fourth-order valence-electron chi connectivity index (χ4n) is 6.01. The Balaban J connectivity index is 1.16. The summed E-state index contributed by atoms with van der Waals surface area (Å²) in [7, 11) is 0. The lowest BCUT2D eigenvalue weighted by Crippen LogP contribution is -2.62. The second kappa shape index (κ2) is 6.79. The van der Waals surface area contributed by atoms with Crippen molar-refractivity contribution in [1.29, 1.82) is 0 Å². The molecule has 0 aromatic heterocycles. The molecule has 0 aliphatic carbocycles. The van der Waals surface area contributed by atoms with Crippen LogP contribution in [0.25, 0.3) is 0 Å². The molecule has 7 saturated heterocycles. The summed E-state index contributed by atoms with van der Waals surface area (Å²) < 4.78 is 0. The molecule has 2 amide bonds. The number of nitrogens with zero attached hydrogens (tertiary/aromatic N) is 4. The minimum absolute atomic E-state index is 0.116. The van der Waals surface area contributed by atoms with Gasteiger partial charge in [0.1, 0.15) is 0 Å². The molecule has 0 saturated carbocycles. The number of carbonyl (C=O) groups is 2. The van der Waals surface area contributed by atoms with E-state index in [-0.39, 0.29) is 12.1 Å². The quantitative estimate of drug-likeness (QED) is 0.725. The first-order chi connectivity index (χ1) is 12.7. The van der Waals surface area contributed by atoms with E-state index in [2.05, 4.69) is 9.80 Å². The van der Waals surface area contributed by atoms with Crippen molar-refractivity contribution >= 4 is 11.8 Å². The number of piperazine rings is 1. The number of hydrogen-bond donors (Lipinski definition) is 0. The van der Waals surface area contributed by atoms with Crippen molar-refractivity contribution in [2.24, 2.45) is 11.8 Å². The maximum absolute atomic E-state index is 13.0. The molecule has 6 nitrogen and oxygen atoms in total. The van der Waals surface area contributed by atoms with Crippen LogP contribution >= 0.6 is 0 Å². The van der Waals surface area contributed by atoms with Gasteiger partial charge in [-0.25, -0.2) is 0 Å². The number of rotatable bonds is 2. The molecule has 0 radical (unpaired) electrons. The molecule has 7 aliphatic rings. The molecule has 0 unspecified atom stereocenters. The van der Waals surface area contributed by atoms with E-state index in [1.54, 1.807) is 0 Å². The van der Waals surface area contributed by atoms with Crippen molar-refractivity contribution in [3.05, 3.63) is 0 Å². The summed E-state index contributed by atoms with van der Waals surface area (Å²) in [5.74, 6) is 2.16. The monoisotopic (exact) mass is 360 g/mol. The Hall–Kier alpha value is -1.14. The molecule has 144 valence electrons. The molecule has 0 N–H and O–H groups in total. The van der Waals surface area contributed by atoms with Crippen molar-refractivity contribution in [2.75, 3.05) is 52.4 Å². The Morgan fingerprint density at radius 1 is 0.538 bits per heavy atom. The highest BCUT2D eigenvalue weighted by Gasteiger charge is 2.42. The lowest BCUT2D eigenvalue weighted by atomic mass is 9.82. The Kier molecular flexibility index (Phi) is 4.44. The maximum Gasteiger partial charge on any atom is 0.240 e. The van der Waals surface area contributed by atoms with E-state index in [9.17, 15) is 9.59 Å². The van der Waals surface area contributed by atoms with Crippen LogP contribution < -0.4 is 0 Å². The number of hydrogen-bond acceptors (Lipinski definition) is 4. The molecule has 6 heteroatoms. The fraction of sp³-hybridized carbons (Fsp3) is 0.900. The molecular weight excluding hydrogens is 328 g/mol. The zero-order chi connectivity index (χ0) is 17.7. The van der Waals surface area contributed by atoms with Crippen LogP contribution in [0.15, 0.2) is 0 Å². The Morgan fingerprint density at radius 2 is 0.885 bits per heavy atom. The maximum atomic E-state index is 13.0. The second-order valence-corrected chi connectivity index (χ2v) is 9.11. The van der Waals surface area contributed by atoms with Crippen molar-refractivity contribution < 1.29 is 9.59 Å². The topological polar surface area (TPSA) is 47.1 Å². The highest BCUT2D eigenvalue weighted by atomic mass is 16.2. The zero-order valence-electron chi connectivity index (χ0n) is 15.8. The normalized spacial score (nSPS) is 42.2. The van der Waals surface area contributed by atoms with Crippen molar-refractivity contribution in [3.8, 4) is 0 Å². The lowest BCUT2D eigenvalue weighted by Gasteiger charge is -2.48. The van der Waals surface area contributed by atoms with E-state index >= 15 is 0 Å². The Morgan fingerprint density at radius 3 is 1.15 bits per heavy atom. The van der Waals surface area contributed by atoms with E-state index in [4.69, 9.17) is 0 Å². The van der Waals surface area contributed by atoms with E-state index < -0.39 is 0 Å². The van der Waals surface area contributed by atoms with Gasteiger partial charge in [-0.3, -0.25) is 19.4 Å². The summed E-state index contributed by atoms with van der Waals surface area (Å²) in [6.07, 6.45) is 7.18. The third-order valence-corrected chi connectivity index (χ3v) is 7.77. The molecule has 2 atom stereocenters. The predicted molar refractivity (Wildman–Crippen MR) is 98.6 cm³/mol. The summed E-state index contributed by atoms with van der Waals surface area (Å²) in [5, 5.41) is 0. The summed E-state index contributed by atoms with van der Waals surface area (Å²) in [6, 6.07) is 0.231. The van der Waals surface area contributed by atoms with Crippen molar-refractivity contribution in [3.63, 3.8) is 0 Å². The van der Waals surface area contributed by atoms with Crippen molar-refractivity contribution in [2.45, 2.75) is 50.6 Å². The van der Waals surface area contributed by atoms with Gasteiger partial charge in [-0.1, -0.05) is 0 Å². The van der Waals surface area contributed by atoms with Crippen LogP contribution in [-0.2, 0) is 9.59 Å². The molecule has 0 aromatic rings. The van der Waals surface area contributed by atoms with Crippen LogP contribution in [0, 0.1) is 11.8 Å². The molecule has 0 spiro atoms. The fourth-order valence-corrected chi connectivity index (χ4v) is 6.01. The van der Waals surface area contributed by atoms with Crippen LogP contribution in [-0.4, -0.2) is 95.9 Å². The van der Waals surface area contributed by atoms with E-state index in [0.29, 0.717) is 11.8 Å². The standard InChI is InChI=1S/C20H32N4O2/c25-19(17-13-15-1-5-21(17)6-2-15)23-9-11-24(12-10-23)20(26)18-14-16-3-7-22(18)8-4-16/h15-18H,1-14H2/t17-,18-/m0/s1. The van der Waals surface area contributed by atoms with E-state index in [1.165, 1.54) is 25.7 Å². The summed E-state index contributed by atoms with van der Waals surface area (Å²) in [5.41, 5.74) is 0. The Labute approximate surface area is 156 Å². The molecule has 7 aliphatic heterocycles. The molecule has 7 fully saturated rings. The molecule has 0 aromatic carbocycles. The average Bonchev–Trinajstić information content (AvgIpc) is 2.74. The number of piperidine rings is 6. The van der Waals surface area contributed by atoms with Gasteiger partial charge in [-0.2, -0.15) is 0 Å². The first kappa shape index (κ1) is 17.0. The first-order valence-electron chi connectivity index (χ1n) is 10.7. The first-order valence-corrected chi connectivity index (χ1v) is 10.7. The number of fused-ring (bicyclic) bond motifs is 6. The van der Waals surface area contributed by atoms with Gasteiger partial charge in [0.25, 0.3) is 0 Å². The highest BCUT2D eigenvalue weighted by Crippen LogP contribution is 2.34. The highest BCUT2D eigenvalue weighted by molar-refractivity contribution is 5.84. The minimum atomic E-state index is 0.116. The van der Waals surface area contributed by atoms with Gasteiger partial charge in [0, 0.05) is 26.2 Å². The smallest absolute Gasteiger partial charge is 0.240 e. The second-order valence-electron chi connectivity index (χ2n) is 9.11. The van der Waals surface area contributed by atoms with Gasteiger partial charge in [0.2, 0.25) is 11.8 Å². The van der Waals surface area contributed by atoms with Gasteiger partial charge < -0.3 is 9.80 Å². The number of amides is 2. The van der Waals surface area contributed by atoms with Gasteiger partial charge in [0.05, 0.1) is 12.1 Å². The van der Waals surface area contributed by atoms with Crippen LogP contribution in [0.4, 0.5) is 0 Å². The van der Waals surface area contributed by atoms with Crippen LogP contribution in [0.2, 0.25) is 0 Å². The predicted octanol–water partition coefficient (Wildman–Crippen LogP) is 0.626. The van der Waals surface area contributed by atoms with Gasteiger partial charge in [-0.15, -0.1) is 0 Å². The van der Waals surface area contributed by atoms with Gasteiger partial charge in [0.15, 0.2) is 0 Å². The third kappa shape index (κ3) is 2.95. The molecule has 26 heavy (non-hydrogen) atoms. The average molecular weight is 361 g/mol. The summed E-state index contributed by atoms with van der Waals surface area (Å²) in [4.78, 5) is 34.8. The summed E-state index contributed by atoms with van der Waals surface area (Å²) in [6.45, 7) is 7.25. The molecular formula is C20H32N4O2. The van der Waals surface area contributed by atoms with Crippen LogP contribution in [0.5, 0.6) is 0 Å². The SMILES string of the molecule is O=C([C@@H]1CC2CCN1CC2)N1CCN(C(=O)[C@@H]2CC3CCN2CC3)CC1. The van der Waals surface area contributed by atoms with E-state index in [0.717, 1.165) is 77.0 Å². The van der Waals surface area contributed by atoms with Crippen LogP contribution in [0.3, 0.4) is 0 Å². The van der Waals surface area contributed by atoms with Gasteiger partial charge in [-0.05, 0) is 76.5 Å². The Bertz CT molecular complexity index is 508. The number of carbonyl (C=O) groups excluding carboxylic acids is 2. The summed E-state index contributed by atoms with van der Waals surface area (Å²) >= 11 is 0. The molecule has 7 rings (SSSR count). The third-order valence-electron chi connectivity index (χ3n) is 7.77. The van der Waals surface area contributed by atoms with Crippen LogP contribution in [0.1, 0.15) is 38.5 Å². The lowest BCUT2D eigenvalue weighted by molar-refractivity contribution is -0.149.